The lowest BCUT2D eigenvalue weighted by Crippen LogP contribution is -2.58. The highest BCUT2D eigenvalue weighted by atomic mass is 32.2. The first kappa shape index (κ1) is 31.3. The zero-order chi connectivity index (χ0) is 26.3. The Hall–Kier alpha value is -2.72. The maximum absolute atomic E-state index is 12.8. The predicted octanol–water partition coefficient (Wildman–Crippen LogP) is -3.54. The van der Waals surface area contributed by atoms with Crippen LogP contribution in [-0.4, -0.2) is 89.1 Å². The van der Waals surface area contributed by atoms with E-state index < -0.39 is 60.2 Å². The predicted molar refractivity (Wildman–Crippen MR) is 132 cm³/mol. The van der Waals surface area contributed by atoms with Gasteiger partial charge in [-0.25, -0.2) is 4.79 Å². The van der Waals surface area contributed by atoms with E-state index in [2.05, 4.69) is 33.6 Å². The minimum Gasteiger partial charge on any atom is -0.480 e. The van der Waals surface area contributed by atoms with Gasteiger partial charge in [0.1, 0.15) is 18.1 Å². The number of carbonyl (C=O) groups is 5. The number of nitrogens with zero attached hydrogens (tertiary/aromatic N) is 1. The van der Waals surface area contributed by atoms with Crippen LogP contribution in [0.1, 0.15) is 25.7 Å². The van der Waals surface area contributed by atoms with Gasteiger partial charge in [-0.1, -0.05) is 0 Å². The van der Waals surface area contributed by atoms with E-state index >= 15 is 0 Å². The first-order valence-corrected chi connectivity index (χ1v) is 12.3. The van der Waals surface area contributed by atoms with Crippen LogP contribution in [0.15, 0.2) is 4.99 Å². The number of guanidine groups is 1. The van der Waals surface area contributed by atoms with Crippen molar-refractivity contribution in [1.82, 2.24) is 16.0 Å². The number of carboxylic acid groups (broad SMARTS) is 1. The number of carboxylic acids is 1. The quantitative estimate of drug-likeness (QED) is 0.0393. The summed E-state index contributed by atoms with van der Waals surface area (Å²) in [4.78, 5) is 64.4. The Balaban J connectivity index is 5.57. The first-order chi connectivity index (χ1) is 15.9. The molecule has 0 aromatic rings. The second kappa shape index (κ2) is 16.8. The molecule has 14 nitrogen and oxygen atoms in total. The van der Waals surface area contributed by atoms with Gasteiger partial charge in [0.15, 0.2) is 5.96 Å². The fourth-order valence-corrected chi connectivity index (χ4v) is 3.22. The zero-order valence-electron chi connectivity index (χ0n) is 18.9. The second-order valence-corrected chi connectivity index (χ2v) is 8.56. The molecule has 0 saturated heterocycles. The minimum absolute atomic E-state index is 0.0147. The maximum Gasteiger partial charge on any atom is 0.326 e. The van der Waals surface area contributed by atoms with Crippen molar-refractivity contribution >= 4 is 59.9 Å². The van der Waals surface area contributed by atoms with Gasteiger partial charge in [0.2, 0.25) is 23.6 Å². The van der Waals surface area contributed by atoms with E-state index in [1.165, 1.54) is 11.8 Å². The van der Waals surface area contributed by atoms with Crippen molar-refractivity contribution in [2.75, 3.05) is 24.3 Å². The zero-order valence-corrected chi connectivity index (χ0v) is 20.6. The summed E-state index contributed by atoms with van der Waals surface area (Å²) in [6, 6.07) is -4.83. The van der Waals surface area contributed by atoms with Crippen molar-refractivity contribution < 1.29 is 29.1 Å². The van der Waals surface area contributed by atoms with Crippen LogP contribution in [0.2, 0.25) is 0 Å². The van der Waals surface area contributed by atoms with Crippen LogP contribution in [0.5, 0.6) is 0 Å². The molecule has 12 N–H and O–H groups in total. The Morgan fingerprint density at radius 2 is 1.50 bits per heavy atom. The van der Waals surface area contributed by atoms with Gasteiger partial charge >= 0.3 is 5.97 Å². The molecule has 0 radical (unpaired) electrons. The van der Waals surface area contributed by atoms with Crippen molar-refractivity contribution in [1.29, 1.82) is 0 Å². The van der Waals surface area contributed by atoms with E-state index in [4.69, 9.17) is 22.9 Å². The molecule has 34 heavy (non-hydrogen) atoms. The molecule has 0 fully saturated rings. The molecular weight excluding hydrogens is 488 g/mol. The van der Waals surface area contributed by atoms with Gasteiger partial charge in [-0.2, -0.15) is 24.4 Å². The molecule has 0 rings (SSSR count). The number of nitrogens with two attached hydrogens (primary N) is 4. The van der Waals surface area contributed by atoms with Gasteiger partial charge in [0.05, 0.1) is 12.5 Å². The fourth-order valence-electron chi connectivity index (χ4n) is 2.58. The van der Waals surface area contributed by atoms with Crippen LogP contribution in [-0.2, 0) is 24.0 Å². The summed E-state index contributed by atoms with van der Waals surface area (Å²) in [5.74, 6) is -4.18. The number of carbonyl (C=O) groups excluding carboxylic acids is 4. The van der Waals surface area contributed by atoms with E-state index in [-0.39, 0.29) is 37.5 Å². The summed E-state index contributed by atoms with van der Waals surface area (Å²) in [6.07, 6.45) is 1.70. The summed E-state index contributed by atoms with van der Waals surface area (Å²) < 4.78 is 0. The molecule has 0 aliphatic rings. The molecular formula is C18H34N8O6S2. The molecule has 0 heterocycles. The first-order valence-electron chi connectivity index (χ1n) is 10.3. The van der Waals surface area contributed by atoms with Gasteiger partial charge < -0.3 is 44.0 Å². The number of thiol groups is 1. The molecule has 0 aromatic heterocycles. The molecule has 4 amide bonds. The van der Waals surface area contributed by atoms with Gasteiger partial charge in [0.25, 0.3) is 0 Å². The van der Waals surface area contributed by atoms with Crippen LogP contribution < -0.4 is 38.9 Å². The monoisotopic (exact) mass is 522 g/mol. The summed E-state index contributed by atoms with van der Waals surface area (Å²) in [7, 11) is 0. The number of amides is 4. The number of nitrogens with one attached hydrogen (secondary N) is 3. The van der Waals surface area contributed by atoms with Crippen LogP contribution >= 0.6 is 24.4 Å². The summed E-state index contributed by atoms with van der Waals surface area (Å²) in [5.41, 5.74) is 21.3. The lowest BCUT2D eigenvalue weighted by molar-refractivity contribution is -0.142. The van der Waals surface area contributed by atoms with Crippen LogP contribution in [0.3, 0.4) is 0 Å². The van der Waals surface area contributed by atoms with Gasteiger partial charge in [0, 0.05) is 12.3 Å². The fraction of sp³-hybridized carbons (Fsp3) is 0.667. The maximum atomic E-state index is 12.8. The van der Waals surface area contributed by atoms with Crippen molar-refractivity contribution in [3.05, 3.63) is 0 Å². The number of hydrogen-bond donors (Lipinski definition) is 9. The largest absolute Gasteiger partial charge is 0.480 e. The van der Waals surface area contributed by atoms with Crippen molar-refractivity contribution in [3.8, 4) is 0 Å². The van der Waals surface area contributed by atoms with Gasteiger partial charge in [-0.3, -0.25) is 24.2 Å². The van der Waals surface area contributed by atoms with Crippen molar-refractivity contribution in [3.63, 3.8) is 0 Å². The molecule has 0 aliphatic heterocycles. The van der Waals surface area contributed by atoms with Gasteiger partial charge in [-0.15, -0.1) is 0 Å². The molecule has 0 aromatic carbocycles. The highest BCUT2D eigenvalue weighted by Crippen LogP contribution is 2.05. The highest BCUT2D eigenvalue weighted by Gasteiger charge is 2.30. The number of thioether (sulfide) groups is 1. The lowest BCUT2D eigenvalue weighted by Gasteiger charge is -2.24. The average molecular weight is 523 g/mol. The number of aliphatic imine (C=N–C) groups is 1. The van der Waals surface area contributed by atoms with E-state index in [1.807, 2.05) is 0 Å². The normalized spacial score (nSPS) is 14.1. The number of aliphatic carboxylic acids is 1. The molecule has 4 unspecified atom stereocenters. The summed E-state index contributed by atoms with van der Waals surface area (Å²) >= 11 is 5.32. The highest BCUT2D eigenvalue weighted by molar-refractivity contribution is 7.98. The number of rotatable bonds is 17. The third-order valence-corrected chi connectivity index (χ3v) is 5.41. The molecule has 0 saturated carbocycles. The Labute approximate surface area is 207 Å². The molecule has 4 atom stereocenters. The van der Waals surface area contributed by atoms with Gasteiger partial charge in [-0.05, 0) is 31.3 Å². The molecule has 0 aliphatic carbocycles. The molecule has 16 heteroatoms. The minimum atomic E-state index is -1.41. The number of primary amides is 1. The molecule has 0 bridgehead atoms. The summed E-state index contributed by atoms with van der Waals surface area (Å²) in [5, 5.41) is 16.5. The van der Waals surface area contributed by atoms with Crippen LogP contribution in [0.25, 0.3) is 0 Å². The van der Waals surface area contributed by atoms with Crippen molar-refractivity contribution in [2.45, 2.75) is 49.9 Å². The third-order valence-electron chi connectivity index (χ3n) is 4.38. The average Bonchev–Trinajstić information content (AvgIpc) is 2.76. The third kappa shape index (κ3) is 13.1. The lowest BCUT2D eigenvalue weighted by atomic mass is 10.1. The smallest absolute Gasteiger partial charge is 0.326 e. The van der Waals surface area contributed by atoms with Crippen molar-refractivity contribution in [2.24, 2.45) is 27.9 Å². The second-order valence-electron chi connectivity index (χ2n) is 7.21. The van der Waals surface area contributed by atoms with E-state index in [0.717, 1.165) is 0 Å². The standard InChI is InChI=1S/C18H34N8O6S2/c1-34-6-4-11(17(31)32)25-15(29)10(3-2-5-23-18(21)22)24-16(30)12(7-13(20)27)26-14(28)9(19)8-33/h9-12,33H,2-8,19H2,1H3,(H2,20,27)(H,24,30)(H,25,29)(H,26,28)(H,31,32)(H4,21,22,23). The van der Waals surface area contributed by atoms with Crippen LogP contribution in [0, 0.1) is 0 Å². The number of hydrogen-bond acceptors (Lipinski definition) is 9. The van der Waals surface area contributed by atoms with E-state index in [0.29, 0.717) is 5.75 Å². The Bertz CT molecular complexity index is 750. The Morgan fingerprint density at radius 1 is 0.941 bits per heavy atom. The Kier molecular flexibility index (Phi) is 15.5. The topological polar surface area (TPSA) is 258 Å². The van der Waals surface area contributed by atoms with E-state index in [1.54, 1.807) is 6.26 Å². The van der Waals surface area contributed by atoms with Crippen LogP contribution in [0.4, 0.5) is 0 Å². The molecule has 194 valence electrons. The SMILES string of the molecule is CSCCC(NC(=O)C(CCCN=C(N)N)NC(=O)C(CC(N)=O)NC(=O)C(N)CS)C(=O)O. The summed E-state index contributed by atoms with van der Waals surface area (Å²) in [6.45, 7) is 0.148. The Morgan fingerprint density at radius 3 is 2.00 bits per heavy atom. The molecule has 0 spiro atoms. The van der Waals surface area contributed by atoms with E-state index in [9.17, 15) is 29.1 Å².